The predicted molar refractivity (Wildman–Crippen MR) is 167 cm³/mol. The van der Waals surface area contributed by atoms with Crippen LogP contribution >= 0.6 is 0 Å². The lowest BCUT2D eigenvalue weighted by atomic mass is 9.87. The zero-order chi connectivity index (χ0) is 30.7. The van der Waals surface area contributed by atoms with Crippen LogP contribution in [-0.2, 0) is 32.2 Å². The predicted octanol–water partition coefficient (Wildman–Crippen LogP) is 5.72. The van der Waals surface area contributed by atoms with Gasteiger partial charge in [0.2, 0.25) is 0 Å². The first-order valence-corrected chi connectivity index (χ1v) is 15.0. The minimum Gasteiger partial charge on any atom is -0.490 e. The number of amides is 2. The lowest BCUT2D eigenvalue weighted by molar-refractivity contribution is -0.121. The van der Waals surface area contributed by atoms with Crippen molar-refractivity contribution in [1.29, 1.82) is 0 Å². The van der Waals surface area contributed by atoms with Crippen LogP contribution in [0.2, 0.25) is 0 Å². The topological polar surface area (TPSA) is 86.8 Å². The van der Waals surface area contributed by atoms with Crippen LogP contribution in [0.15, 0.2) is 85.5 Å². The highest BCUT2D eigenvalue weighted by Crippen LogP contribution is 2.35. The van der Waals surface area contributed by atoms with Crippen LogP contribution in [-0.4, -0.2) is 69.6 Å². The summed E-state index contributed by atoms with van der Waals surface area (Å²) in [5.74, 6) is 1.43. The van der Waals surface area contributed by atoms with Gasteiger partial charge in [-0.05, 0) is 53.8 Å². The fourth-order valence-electron chi connectivity index (χ4n) is 5.56. The van der Waals surface area contributed by atoms with Gasteiger partial charge in [0.1, 0.15) is 24.7 Å². The molecule has 0 bridgehead atoms. The van der Waals surface area contributed by atoms with Crippen LogP contribution in [0, 0.1) is 0 Å². The molecule has 9 heteroatoms. The maximum absolute atomic E-state index is 13.1. The van der Waals surface area contributed by atoms with Crippen molar-refractivity contribution in [3.8, 4) is 11.5 Å². The molecular weight excluding hydrogens is 560 g/mol. The third kappa shape index (κ3) is 7.98. The van der Waals surface area contributed by atoms with E-state index in [4.69, 9.17) is 23.7 Å². The molecule has 2 aliphatic rings. The van der Waals surface area contributed by atoms with Crippen molar-refractivity contribution in [2.75, 3.05) is 51.5 Å². The molecule has 1 fully saturated rings. The summed E-state index contributed by atoms with van der Waals surface area (Å²) in [6.07, 6.45) is 2.52. The first-order valence-electron chi connectivity index (χ1n) is 15.0. The maximum Gasteiger partial charge on any atom is 0.410 e. The lowest BCUT2D eigenvalue weighted by Gasteiger charge is -2.38. The Balaban J connectivity index is 1.30. The Bertz CT molecular complexity index is 1400. The number of anilines is 1. The summed E-state index contributed by atoms with van der Waals surface area (Å²) < 4.78 is 28.8. The van der Waals surface area contributed by atoms with Crippen LogP contribution in [0.4, 0.5) is 10.5 Å². The molecule has 2 unspecified atom stereocenters. The highest BCUT2D eigenvalue weighted by Gasteiger charge is 2.34. The Hall–Kier alpha value is -4.34. The summed E-state index contributed by atoms with van der Waals surface area (Å²) in [6.45, 7) is 6.75. The lowest BCUT2D eigenvalue weighted by Crippen LogP contribution is -2.47. The summed E-state index contributed by atoms with van der Waals surface area (Å²) in [5, 5.41) is 0. The molecule has 5 rings (SSSR count). The Kier molecular flexibility index (Phi) is 10.9. The third-order valence-corrected chi connectivity index (χ3v) is 7.86. The zero-order valence-electron chi connectivity index (χ0n) is 25.2. The SMILES string of the molecule is C=CCOc1ccc(C2CCN(C(=O)OCc3ccccc3)CC2OCc2ccc3c(c2)N(CCCOC)C(=O)CO3)cc1. The summed E-state index contributed by atoms with van der Waals surface area (Å²) in [5.41, 5.74) is 3.70. The van der Waals surface area contributed by atoms with Crippen LogP contribution in [0.1, 0.15) is 35.4 Å². The van der Waals surface area contributed by atoms with Gasteiger partial charge in [-0.1, -0.05) is 61.2 Å². The van der Waals surface area contributed by atoms with E-state index in [1.807, 2.05) is 60.7 Å². The monoisotopic (exact) mass is 600 g/mol. The average Bonchev–Trinajstić information content (AvgIpc) is 3.07. The number of rotatable bonds is 13. The maximum atomic E-state index is 13.1. The van der Waals surface area contributed by atoms with Crippen molar-refractivity contribution in [2.24, 2.45) is 0 Å². The number of piperidine rings is 1. The molecular formula is C35H40N2O7. The Morgan fingerprint density at radius 1 is 1.05 bits per heavy atom. The molecule has 2 heterocycles. The fourth-order valence-corrected chi connectivity index (χ4v) is 5.56. The molecule has 3 aromatic carbocycles. The molecule has 2 amide bonds. The summed E-state index contributed by atoms with van der Waals surface area (Å²) >= 11 is 0. The Morgan fingerprint density at radius 2 is 1.86 bits per heavy atom. The van der Waals surface area contributed by atoms with Crippen LogP contribution in [0.5, 0.6) is 11.5 Å². The van der Waals surface area contributed by atoms with E-state index in [9.17, 15) is 9.59 Å². The number of nitrogens with zero attached hydrogens (tertiary/aromatic N) is 2. The molecule has 232 valence electrons. The van der Waals surface area contributed by atoms with Crippen molar-refractivity contribution in [3.63, 3.8) is 0 Å². The number of carbonyl (C=O) groups is 2. The van der Waals surface area contributed by atoms with E-state index in [0.717, 1.165) is 41.0 Å². The van der Waals surface area contributed by atoms with Gasteiger partial charge in [0.15, 0.2) is 6.61 Å². The molecule has 0 spiro atoms. The molecule has 44 heavy (non-hydrogen) atoms. The highest BCUT2D eigenvalue weighted by atomic mass is 16.6. The molecule has 0 aliphatic carbocycles. The van der Waals surface area contributed by atoms with Gasteiger partial charge in [-0.15, -0.1) is 0 Å². The first kappa shape index (κ1) is 31.1. The van der Waals surface area contributed by atoms with E-state index >= 15 is 0 Å². The molecule has 1 saturated heterocycles. The minimum atomic E-state index is -0.356. The largest absolute Gasteiger partial charge is 0.490 e. The Labute approximate surface area is 258 Å². The number of carbonyl (C=O) groups excluding carboxylic acids is 2. The third-order valence-electron chi connectivity index (χ3n) is 7.86. The second kappa shape index (κ2) is 15.4. The number of methoxy groups -OCH3 is 1. The zero-order valence-corrected chi connectivity index (χ0v) is 25.2. The number of benzene rings is 3. The van der Waals surface area contributed by atoms with Gasteiger partial charge < -0.3 is 33.5 Å². The van der Waals surface area contributed by atoms with E-state index in [0.29, 0.717) is 45.2 Å². The van der Waals surface area contributed by atoms with Gasteiger partial charge >= 0.3 is 6.09 Å². The quantitative estimate of drug-likeness (QED) is 0.183. The molecule has 3 aromatic rings. The van der Waals surface area contributed by atoms with Crippen molar-refractivity contribution in [3.05, 3.63) is 102 Å². The smallest absolute Gasteiger partial charge is 0.410 e. The van der Waals surface area contributed by atoms with Gasteiger partial charge in [0.25, 0.3) is 5.91 Å². The first-order chi connectivity index (χ1) is 21.6. The van der Waals surface area contributed by atoms with Crippen molar-refractivity contribution < 1.29 is 33.3 Å². The van der Waals surface area contributed by atoms with Gasteiger partial charge in [0.05, 0.1) is 24.9 Å². The number of fused-ring (bicyclic) bond motifs is 1. The van der Waals surface area contributed by atoms with Crippen molar-refractivity contribution in [2.45, 2.75) is 38.1 Å². The normalized spacial score (nSPS) is 17.9. The highest BCUT2D eigenvalue weighted by molar-refractivity contribution is 5.97. The summed E-state index contributed by atoms with van der Waals surface area (Å²) in [7, 11) is 1.65. The van der Waals surface area contributed by atoms with Crippen molar-refractivity contribution in [1.82, 2.24) is 4.90 Å². The van der Waals surface area contributed by atoms with Crippen LogP contribution in [0.3, 0.4) is 0 Å². The number of ether oxygens (including phenoxy) is 5. The summed E-state index contributed by atoms with van der Waals surface area (Å²) in [4.78, 5) is 29.2. The number of hydrogen-bond donors (Lipinski definition) is 0. The van der Waals surface area contributed by atoms with Crippen LogP contribution in [0.25, 0.3) is 0 Å². The minimum absolute atomic E-state index is 0.0210. The molecule has 0 N–H and O–H groups in total. The Morgan fingerprint density at radius 3 is 2.64 bits per heavy atom. The van der Waals surface area contributed by atoms with Gasteiger partial charge in [-0.3, -0.25) is 4.79 Å². The molecule has 9 nitrogen and oxygen atoms in total. The molecule has 0 radical (unpaired) electrons. The van der Waals surface area contributed by atoms with Gasteiger partial charge in [-0.2, -0.15) is 0 Å². The van der Waals surface area contributed by atoms with Crippen LogP contribution < -0.4 is 14.4 Å². The number of likely N-dealkylation sites (tertiary alicyclic amines) is 1. The molecule has 0 aromatic heterocycles. The van der Waals surface area contributed by atoms with Crippen molar-refractivity contribution >= 4 is 17.7 Å². The van der Waals surface area contributed by atoms with E-state index in [-0.39, 0.29) is 37.2 Å². The fraction of sp³-hybridized carbons (Fsp3) is 0.371. The van der Waals surface area contributed by atoms with E-state index < -0.39 is 0 Å². The molecule has 2 aliphatic heterocycles. The average molecular weight is 601 g/mol. The number of hydrogen-bond acceptors (Lipinski definition) is 7. The van der Waals surface area contributed by atoms with Gasteiger partial charge in [-0.25, -0.2) is 4.79 Å². The molecule has 2 atom stereocenters. The van der Waals surface area contributed by atoms with Gasteiger partial charge in [0, 0.05) is 32.7 Å². The second-order valence-electron chi connectivity index (χ2n) is 10.9. The standard InChI is InChI=1S/C35H40N2O7/c1-3-19-41-29-13-11-28(12-14-29)30-16-18-36(35(39)44-23-26-8-5-4-6-9-26)22-33(30)42-24-27-10-15-32-31(21-27)37(17-7-20-40-2)34(38)25-43-32/h3-6,8-15,21,30,33H,1,7,16-20,22-25H2,2H3. The van der Waals surface area contributed by atoms with E-state index in [1.165, 1.54) is 0 Å². The second-order valence-corrected chi connectivity index (χ2v) is 10.9. The molecule has 0 saturated carbocycles. The van der Waals surface area contributed by atoms with E-state index in [1.54, 1.807) is 23.0 Å². The van der Waals surface area contributed by atoms with E-state index in [2.05, 4.69) is 18.7 Å². The summed E-state index contributed by atoms with van der Waals surface area (Å²) in [6, 6.07) is 23.5.